The van der Waals surface area contributed by atoms with Crippen LogP contribution in [-0.4, -0.2) is 25.4 Å². The molecule has 0 fully saturated rings. The highest BCUT2D eigenvalue weighted by molar-refractivity contribution is 6.32. The molecule has 0 saturated heterocycles. The van der Waals surface area contributed by atoms with Crippen molar-refractivity contribution in [2.24, 2.45) is 5.92 Å². The molecular weight excluding hydrogens is 324 g/mol. The molecule has 0 aliphatic carbocycles. The molecule has 0 bridgehead atoms. The Morgan fingerprint density at radius 2 is 1.92 bits per heavy atom. The summed E-state index contributed by atoms with van der Waals surface area (Å²) in [5.74, 6) is -1.13. The fraction of sp³-hybridized carbons (Fsp3) is 0.263. The average Bonchev–Trinajstić information content (AvgIpc) is 2.60. The topological polar surface area (TPSA) is 40.6 Å². The summed E-state index contributed by atoms with van der Waals surface area (Å²) in [4.78, 5) is 29.0. The first kappa shape index (κ1) is 16.5. The normalized spacial score (nSPS) is 16.7. The molecule has 3 rings (SSSR count). The van der Waals surface area contributed by atoms with Crippen LogP contribution in [0.5, 0.6) is 0 Å². The highest BCUT2D eigenvalue weighted by atomic mass is 35.5. The Morgan fingerprint density at radius 3 is 2.58 bits per heavy atom. The number of anilines is 2. The third-order valence-electron chi connectivity index (χ3n) is 4.44. The van der Waals surface area contributed by atoms with Gasteiger partial charge in [0.2, 0.25) is 11.8 Å². The predicted molar refractivity (Wildman–Crippen MR) is 96.5 cm³/mol. The number of benzene rings is 2. The van der Waals surface area contributed by atoms with E-state index in [0.29, 0.717) is 18.0 Å². The van der Waals surface area contributed by atoms with Crippen molar-refractivity contribution in [3.05, 3.63) is 59.1 Å². The molecule has 2 aromatic rings. The van der Waals surface area contributed by atoms with Gasteiger partial charge < -0.3 is 9.80 Å². The first-order valence-corrected chi connectivity index (χ1v) is 8.33. The van der Waals surface area contributed by atoms with Gasteiger partial charge in [-0.05, 0) is 43.2 Å². The Hall–Kier alpha value is -2.33. The molecule has 124 valence electrons. The van der Waals surface area contributed by atoms with Crippen molar-refractivity contribution in [3.63, 3.8) is 0 Å². The summed E-state index contributed by atoms with van der Waals surface area (Å²) in [6.45, 7) is 2.41. The Kier molecular flexibility index (Phi) is 4.58. The van der Waals surface area contributed by atoms with Gasteiger partial charge in [0, 0.05) is 30.0 Å². The van der Waals surface area contributed by atoms with Crippen molar-refractivity contribution in [1.29, 1.82) is 0 Å². The van der Waals surface area contributed by atoms with Gasteiger partial charge in [0.05, 0.1) is 0 Å². The lowest BCUT2D eigenvalue weighted by atomic mass is 9.90. The Balaban J connectivity index is 1.96. The molecule has 4 nitrogen and oxygen atoms in total. The lowest BCUT2D eigenvalue weighted by Gasteiger charge is -2.34. The van der Waals surface area contributed by atoms with E-state index in [9.17, 15) is 9.59 Å². The molecule has 5 heteroatoms. The second-order valence-electron chi connectivity index (χ2n) is 5.81. The predicted octanol–water partition coefficient (Wildman–Crippen LogP) is 3.53. The second-order valence-corrected chi connectivity index (χ2v) is 6.22. The molecule has 2 amide bonds. The van der Waals surface area contributed by atoms with Gasteiger partial charge in [-0.15, -0.1) is 0 Å². The fourth-order valence-corrected chi connectivity index (χ4v) is 3.41. The van der Waals surface area contributed by atoms with E-state index in [-0.39, 0.29) is 11.8 Å². The molecule has 1 aliphatic rings. The van der Waals surface area contributed by atoms with Crippen LogP contribution >= 0.6 is 11.6 Å². The molecule has 2 aromatic carbocycles. The van der Waals surface area contributed by atoms with Gasteiger partial charge in [-0.3, -0.25) is 9.59 Å². The molecule has 1 unspecified atom stereocenters. The van der Waals surface area contributed by atoms with Crippen molar-refractivity contribution < 1.29 is 9.59 Å². The number of hydrogen-bond acceptors (Lipinski definition) is 2. The quantitative estimate of drug-likeness (QED) is 0.801. The number of carbonyl (C=O) groups is 2. The van der Waals surface area contributed by atoms with Crippen LogP contribution in [0.2, 0.25) is 5.02 Å². The first-order chi connectivity index (χ1) is 11.5. The van der Waals surface area contributed by atoms with Crippen LogP contribution in [0.4, 0.5) is 11.4 Å². The van der Waals surface area contributed by atoms with E-state index >= 15 is 0 Å². The van der Waals surface area contributed by atoms with E-state index < -0.39 is 5.92 Å². The molecular formula is C19H19ClN2O2. The van der Waals surface area contributed by atoms with Gasteiger partial charge >= 0.3 is 0 Å². The minimum atomic E-state index is -0.748. The SMILES string of the molecule is CCN(C(=O)C1Cc2c(Cl)cccc2N(C)C1=O)c1ccccc1. The zero-order valence-electron chi connectivity index (χ0n) is 13.7. The summed E-state index contributed by atoms with van der Waals surface area (Å²) >= 11 is 6.29. The minimum absolute atomic E-state index is 0.189. The largest absolute Gasteiger partial charge is 0.314 e. The zero-order valence-corrected chi connectivity index (χ0v) is 14.5. The van der Waals surface area contributed by atoms with Crippen molar-refractivity contribution in [3.8, 4) is 0 Å². The molecule has 1 atom stereocenters. The number of para-hydroxylation sites is 1. The number of amides is 2. The summed E-state index contributed by atoms with van der Waals surface area (Å²) in [5.41, 5.74) is 2.42. The standard InChI is InChI=1S/C19H19ClN2O2/c1-3-22(13-8-5-4-6-9-13)19(24)15-12-14-16(20)10-7-11-17(14)21(2)18(15)23/h4-11,15H,3,12H2,1-2H3. The molecule has 0 aromatic heterocycles. The van der Waals surface area contributed by atoms with Gasteiger partial charge in [-0.2, -0.15) is 0 Å². The maximum atomic E-state index is 13.0. The van der Waals surface area contributed by atoms with Crippen LogP contribution in [0.3, 0.4) is 0 Å². The van der Waals surface area contributed by atoms with Gasteiger partial charge in [0.15, 0.2) is 0 Å². The molecule has 1 aliphatic heterocycles. The van der Waals surface area contributed by atoms with Crippen LogP contribution in [0.1, 0.15) is 12.5 Å². The number of halogens is 1. The maximum Gasteiger partial charge on any atom is 0.239 e. The van der Waals surface area contributed by atoms with Gasteiger partial charge in [-0.1, -0.05) is 35.9 Å². The van der Waals surface area contributed by atoms with Gasteiger partial charge in [0.1, 0.15) is 5.92 Å². The van der Waals surface area contributed by atoms with Crippen molar-refractivity contribution in [2.75, 3.05) is 23.4 Å². The molecule has 24 heavy (non-hydrogen) atoms. The van der Waals surface area contributed by atoms with Crippen LogP contribution < -0.4 is 9.80 Å². The summed E-state index contributed by atoms with van der Waals surface area (Å²) in [6.07, 6.45) is 0.334. The summed E-state index contributed by atoms with van der Waals surface area (Å²) in [5, 5.41) is 0.590. The zero-order chi connectivity index (χ0) is 17.3. The van der Waals surface area contributed by atoms with Crippen LogP contribution in [0, 0.1) is 5.92 Å². The number of carbonyl (C=O) groups excluding carboxylic acids is 2. The minimum Gasteiger partial charge on any atom is -0.314 e. The van der Waals surface area contributed by atoms with Crippen LogP contribution in [0.25, 0.3) is 0 Å². The molecule has 0 radical (unpaired) electrons. The maximum absolute atomic E-state index is 13.0. The van der Waals surface area contributed by atoms with E-state index in [1.807, 2.05) is 49.4 Å². The van der Waals surface area contributed by atoms with E-state index in [4.69, 9.17) is 11.6 Å². The van der Waals surface area contributed by atoms with E-state index in [0.717, 1.165) is 16.9 Å². The number of rotatable bonds is 3. The van der Waals surface area contributed by atoms with Gasteiger partial charge in [-0.25, -0.2) is 0 Å². The lowest BCUT2D eigenvalue weighted by Crippen LogP contribution is -2.48. The molecule has 1 heterocycles. The van der Waals surface area contributed by atoms with Gasteiger partial charge in [0.25, 0.3) is 0 Å². The molecule has 0 saturated carbocycles. The molecule has 0 N–H and O–H groups in total. The third-order valence-corrected chi connectivity index (χ3v) is 4.79. The summed E-state index contributed by atoms with van der Waals surface area (Å²) in [6, 6.07) is 14.9. The number of nitrogens with zero attached hydrogens (tertiary/aromatic N) is 2. The Labute approximate surface area is 146 Å². The Morgan fingerprint density at radius 1 is 1.21 bits per heavy atom. The monoisotopic (exact) mass is 342 g/mol. The first-order valence-electron chi connectivity index (χ1n) is 7.96. The van der Waals surface area contributed by atoms with E-state index in [1.165, 1.54) is 4.90 Å². The van der Waals surface area contributed by atoms with Crippen molar-refractivity contribution in [2.45, 2.75) is 13.3 Å². The second kappa shape index (κ2) is 6.65. The summed E-state index contributed by atoms with van der Waals surface area (Å²) < 4.78 is 0. The third kappa shape index (κ3) is 2.78. The van der Waals surface area contributed by atoms with Crippen molar-refractivity contribution >= 4 is 34.8 Å². The van der Waals surface area contributed by atoms with E-state index in [1.54, 1.807) is 18.0 Å². The number of fused-ring (bicyclic) bond motifs is 1. The fourth-order valence-electron chi connectivity index (χ4n) is 3.16. The average molecular weight is 343 g/mol. The van der Waals surface area contributed by atoms with Crippen LogP contribution in [0.15, 0.2) is 48.5 Å². The smallest absolute Gasteiger partial charge is 0.239 e. The van der Waals surface area contributed by atoms with E-state index in [2.05, 4.69) is 0 Å². The van der Waals surface area contributed by atoms with Crippen molar-refractivity contribution in [1.82, 2.24) is 0 Å². The Bertz CT molecular complexity index is 776. The molecule has 0 spiro atoms. The van der Waals surface area contributed by atoms with Crippen LogP contribution in [-0.2, 0) is 16.0 Å². The highest BCUT2D eigenvalue weighted by Crippen LogP contribution is 2.35. The lowest BCUT2D eigenvalue weighted by molar-refractivity contribution is -0.132. The highest BCUT2D eigenvalue weighted by Gasteiger charge is 2.38. The summed E-state index contributed by atoms with van der Waals surface area (Å²) in [7, 11) is 1.69. The number of hydrogen-bond donors (Lipinski definition) is 0.